The van der Waals surface area contributed by atoms with E-state index in [1.165, 1.54) is 25.0 Å². The number of halogens is 3. The molecule has 1 saturated heterocycles. The van der Waals surface area contributed by atoms with Crippen LogP contribution in [-0.2, 0) is 17.5 Å². The Hall–Kier alpha value is -3.21. The van der Waals surface area contributed by atoms with Crippen LogP contribution >= 0.6 is 0 Å². The Morgan fingerprint density at radius 1 is 1.19 bits per heavy atom. The average Bonchev–Trinajstić information content (AvgIpc) is 3.80. The van der Waals surface area contributed by atoms with Gasteiger partial charge in [-0.2, -0.15) is 18.3 Å². The molecule has 3 aliphatic rings. The Kier molecular flexibility index (Phi) is 6.05. The number of aromatic nitrogens is 5. The number of aryl methyl sites for hydroxylation is 1. The number of rotatable bonds is 7. The van der Waals surface area contributed by atoms with Crippen LogP contribution in [0.25, 0.3) is 11.5 Å². The monoisotopic (exact) mass is 514 g/mol. The smallest absolute Gasteiger partial charge is 0.370 e. The third-order valence-electron chi connectivity index (χ3n) is 7.45. The largest absolute Gasteiger partial charge is 0.416 e. The number of hydrogen-bond donors (Lipinski definition) is 1. The molecule has 0 radical (unpaired) electrons. The van der Waals surface area contributed by atoms with Gasteiger partial charge in [-0.15, -0.1) is 0 Å². The lowest BCUT2D eigenvalue weighted by Gasteiger charge is -2.37. The van der Waals surface area contributed by atoms with Crippen LogP contribution in [0.15, 0.2) is 30.6 Å². The second-order valence-electron chi connectivity index (χ2n) is 10.4. The minimum absolute atomic E-state index is 0.0375. The topological polar surface area (TPSA) is 88.9 Å². The highest BCUT2D eigenvalue weighted by Gasteiger charge is 2.41. The van der Waals surface area contributed by atoms with E-state index < -0.39 is 17.8 Å². The number of nitrogens with one attached hydrogen (secondary N) is 1. The molecule has 0 bridgehead atoms. The molecule has 11 heteroatoms. The van der Waals surface area contributed by atoms with Crippen molar-refractivity contribution in [1.82, 2.24) is 29.6 Å². The first-order valence-corrected chi connectivity index (χ1v) is 12.8. The summed E-state index contributed by atoms with van der Waals surface area (Å²) in [5.41, 5.74) is 0.997. The molecule has 3 fully saturated rings. The molecule has 2 aromatic heterocycles. The van der Waals surface area contributed by atoms with Gasteiger partial charge in [-0.25, -0.2) is 9.97 Å². The van der Waals surface area contributed by atoms with Crippen molar-refractivity contribution < 1.29 is 22.7 Å². The lowest BCUT2D eigenvalue weighted by molar-refractivity contribution is -0.137. The molecule has 6 rings (SSSR count). The van der Waals surface area contributed by atoms with Gasteiger partial charge in [0.05, 0.1) is 17.6 Å². The molecule has 1 aromatic carbocycles. The third-order valence-corrected chi connectivity index (χ3v) is 7.45. The summed E-state index contributed by atoms with van der Waals surface area (Å²) in [7, 11) is 0. The summed E-state index contributed by atoms with van der Waals surface area (Å²) in [6.07, 6.45) is 2.21. The fraction of sp³-hybridized carbons (Fsp3) is 0.538. The number of alkyl halides is 3. The number of imidazole rings is 1. The van der Waals surface area contributed by atoms with Gasteiger partial charge in [0.15, 0.2) is 11.6 Å². The van der Waals surface area contributed by atoms with Crippen LogP contribution in [0.5, 0.6) is 0 Å². The fourth-order valence-corrected chi connectivity index (χ4v) is 5.20. The maximum absolute atomic E-state index is 13.4. The zero-order valence-electron chi connectivity index (χ0n) is 20.5. The molecule has 1 aliphatic heterocycles. The fourth-order valence-electron chi connectivity index (χ4n) is 5.20. The molecule has 3 aromatic rings. The van der Waals surface area contributed by atoms with Crippen LogP contribution in [-0.4, -0.2) is 54.2 Å². The van der Waals surface area contributed by atoms with Crippen molar-refractivity contribution >= 4 is 5.91 Å². The lowest BCUT2D eigenvalue weighted by Crippen LogP contribution is -2.45. The van der Waals surface area contributed by atoms with Crippen molar-refractivity contribution in [3.63, 3.8) is 0 Å². The summed E-state index contributed by atoms with van der Waals surface area (Å²) in [6.45, 7) is 3.26. The van der Waals surface area contributed by atoms with Gasteiger partial charge in [0, 0.05) is 37.2 Å². The Labute approximate surface area is 212 Å². The molecule has 3 heterocycles. The molecular weight excluding hydrogens is 485 g/mol. The van der Waals surface area contributed by atoms with Crippen LogP contribution in [0.1, 0.15) is 72.1 Å². The number of carbonyl (C=O) groups is 1. The van der Waals surface area contributed by atoms with Gasteiger partial charge in [0.25, 0.3) is 5.91 Å². The minimum Gasteiger partial charge on any atom is -0.370 e. The number of benzene rings is 1. The Morgan fingerprint density at radius 2 is 2.00 bits per heavy atom. The molecule has 2 atom stereocenters. The molecule has 1 amide bonds. The highest BCUT2D eigenvalue weighted by Crippen LogP contribution is 2.38. The number of ether oxygens (including phenoxy) is 1. The number of carbonyl (C=O) groups excluding carboxylic acids is 1. The Bertz CT molecular complexity index is 1290. The molecular formula is C26H29F3N6O2. The van der Waals surface area contributed by atoms with E-state index in [1.54, 1.807) is 4.90 Å². The second-order valence-corrected chi connectivity index (χ2v) is 10.4. The predicted molar refractivity (Wildman–Crippen MR) is 127 cm³/mol. The summed E-state index contributed by atoms with van der Waals surface area (Å²) < 4.78 is 47.9. The second kappa shape index (κ2) is 9.27. The maximum atomic E-state index is 13.4. The van der Waals surface area contributed by atoms with Crippen LogP contribution in [0.3, 0.4) is 0 Å². The molecule has 2 saturated carbocycles. The van der Waals surface area contributed by atoms with Gasteiger partial charge in [-0.3, -0.25) is 9.89 Å². The summed E-state index contributed by atoms with van der Waals surface area (Å²) in [5, 5.41) is 7.47. The van der Waals surface area contributed by atoms with E-state index in [0.29, 0.717) is 37.0 Å². The minimum atomic E-state index is -4.50. The van der Waals surface area contributed by atoms with E-state index in [1.807, 2.05) is 13.3 Å². The van der Waals surface area contributed by atoms with Crippen molar-refractivity contribution in [3.05, 3.63) is 53.2 Å². The van der Waals surface area contributed by atoms with Crippen molar-refractivity contribution in [2.75, 3.05) is 6.61 Å². The predicted octanol–water partition coefficient (Wildman–Crippen LogP) is 4.93. The molecule has 2 aliphatic carbocycles. The number of aromatic amines is 1. The van der Waals surface area contributed by atoms with Gasteiger partial charge < -0.3 is 14.2 Å². The quantitative estimate of drug-likeness (QED) is 0.483. The van der Waals surface area contributed by atoms with Crippen molar-refractivity contribution in [3.8, 4) is 11.5 Å². The summed E-state index contributed by atoms with van der Waals surface area (Å²) in [6, 6.07) is 4.56. The first-order chi connectivity index (χ1) is 17.8. The van der Waals surface area contributed by atoms with E-state index in [-0.39, 0.29) is 23.6 Å². The van der Waals surface area contributed by atoms with Crippen molar-refractivity contribution in [2.24, 2.45) is 5.92 Å². The third kappa shape index (κ3) is 5.01. The number of hydrogen-bond acceptors (Lipinski definition) is 5. The molecule has 0 spiro atoms. The molecule has 37 heavy (non-hydrogen) atoms. The van der Waals surface area contributed by atoms with E-state index in [4.69, 9.17) is 9.72 Å². The zero-order chi connectivity index (χ0) is 25.7. The van der Waals surface area contributed by atoms with Gasteiger partial charge in [0.2, 0.25) is 0 Å². The molecule has 196 valence electrons. The summed E-state index contributed by atoms with van der Waals surface area (Å²) >= 11 is 0. The normalized spacial score (nSPS) is 22.3. The SMILES string of the molecule is Cc1ncn(CC2CC2)c1-c1n[nH]c(C2CC(N(C(=O)c3cccc(C(F)(F)F)c3)C3CC3)CCO2)n1. The first kappa shape index (κ1) is 24.1. The van der Waals surface area contributed by atoms with Gasteiger partial charge >= 0.3 is 6.18 Å². The zero-order valence-corrected chi connectivity index (χ0v) is 20.5. The van der Waals surface area contributed by atoms with Crippen LogP contribution in [0, 0.1) is 12.8 Å². The summed E-state index contributed by atoms with van der Waals surface area (Å²) in [5.74, 6) is 1.46. The molecule has 8 nitrogen and oxygen atoms in total. The van der Waals surface area contributed by atoms with Crippen molar-refractivity contribution in [1.29, 1.82) is 0 Å². The highest BCUT2D eigenvalue weighted by atomic mass is 19.4. The van der Waals surface area contributed by atoms with Crippen molar-refractivity contribution in [2.45, 2.75) is 76.4 Å². The van der Waals surface area contributed by atoms with E-state index in [2.05, 4.69) is 19.7 Å². The van der Waals surface area contributed by atoms with Gasteiger partial charge in [-0.1, -0.05) is 6.07 Å². The van der Waals surface area contributed by atoms with Crippen LogP contribution < -0.4 is 0 Å². The highest BCUT2D eigenvalue weighted by molar-refractivity contribution is 5.95. The number of nitrogens with zero attached hydrogens (tertiary/aromatic N) is 5. The first-order valence-electron chi connectivity index (χ1n) is 12.8. The van der Waals surface area contributed by atoms with E-state index in [9.17, 15) is 18.0 Å². The number of H-pyrrole nitrogens is 1. The Morgan fingerprint density at radius 3 is 2.73 bits per heavy atom. The van der Waals surface area contributed by atoms with Gasteiger partial charge in [-0.05, 0) is 63.1 Å². The molecule has 2 unspecified atom stereocenters. The van der Waals surface area contributed by atoms with Crippen LogP contribution in [0.4, 0.5) is 13.2 Å². The van der Waals surface area contributed by atoms with Gasteiger partial charge in [0.1, 0.15) is 11.8 Å². The molecule has 1 N–H and O–H groups in total. The summed E-state index contributed by atoms with van der Waals surface area (Å²) in [4.78, 5) is 24.4. The van der Waals surface area contributed by atoms with Crippen LogP contribution in [0.2, 0.25) is 0 Å². The average molecular weight is 515 g/mol. The Balaban J connectivity index is 1.21. The standard InChI is InChI=1S/C26H29F3N6O2/c1-15-22(34(14-30-15)13-16-5-6-16)24-31-23(32-33-24)21-12-20(9-10-37-21)35(19-7-8-19)25(36)17-3-2-4-18(11-17)26(27,28)29/h2-4,11,14,16,19-21H,5-10,12-13H2,1H3,(H,31,32,33). The number of amides is 1. The lowest BCUT2D eigenvalue weighted by atomic mass is 9.99. The van der Waals surface area contributed by atoms with E-state index >= 15 is 0 Å². The maximum Gasteiger partial charge on any atom is 0.416 e. The van der Waals surface area contributed by atoms with E-state index in [0.717, 1.165) is 42.9 Å².